The Kier molecular flexibility index (Phi) is 6.18. The zero-order valence-corrected chi connectivity index (χ0v) is 16.5. The minimum absolute atomic E-state index is 0.0252. The van der Waals surface area contributed by atoms with Gasteiger partial charge in [0.25, 0.3) is 15.9 Å². The zero-order valence-electron chi connectivity index (χ0n) is 14.9. The molecule has 0 saturated carbocycles. The third kappa shape index (κ3) is 4.50. The summed E-state index contributed by atoms with van der Waals surface area (Å²) in [6.45, 7) is 3.24. The summed E-state index contributed by atoms with van der Waals surface area (Å²) in [5, 5.41) is 6.60. The molecule has 10 heteroatoms. The van der Waals surface area contributed by atoms with Crippen molar-refractivity contribution in [3.8, 4) is 0 Å². The first kappa shape index (κ1) is 19.8. The fraction of sp³-hybridized carbons (Fsp3) is 0.412. The molecule has 0 unspecified atom stereocenters. The van der Waals surface area contributed by atoms with Crippen LogP contribution in [-0.4, -0.2) is 53.0 Å². The average Bonchev–Trinajstić information content (AvgIpc) is 3.13. The van der Waals surface area contributed by atoms with E-state index in [1.807, 2.05) is 6.92 Å². The Labute approximate surface area is 162 Å². The van der Waals surface area contributed by atoms with Crippen LogP contribution < -0.4 is 5.32 Å². The first-order valence-electron chi connectivity index (χ1n) is 8.60. The van der Waals surface area contributed by atoms with E-state index in [0.717, 1.165) is 11.5 Å². The second-order valence-corrected chi connectivity index (χ2v) is 9.11. The average molecular weight is 413 g/mol. The van der Waals surface area contributed by atoms with Crippen LogP contribution in [0.1, 0.15) is 22.8 Å². The summed E-state index contributed by atoms with van der Waals surface area (Å²) < 4.78 is 41.7. The number of benzene rings is 1. The predicted octanol–water partition coefficient (Wildman–Crippen LogP) is 1.71. The molecule has 0 radical (unpaired) electrons. The number of sulfonamides is 1. The van der Waals surface area contributed by atoms with E-state index in [0.29, 0.717) is 25.2 Å². The quantitative estimate of drug-likeness (QED) is 0.781. The normalized spacial score (nSPS) is 15.6. The Hall–Kier alpha value is -1.91. The number of rotatable bonds is 6. The van der Waals surface area contributed by atoms with Gasteiger partial charge in [-0.05, 0) is 24.6 Å². The highest BCUT2D eigenvalue weighted by molar-refractivity contribution is 7.99. The molecule has 1 amide bonds. The van der Waals surface area contributed by atoms with Crippen LogP contribution in [0.2, 0.25) is 0 Å². The lowest BCUT2D eigenvalue weighted by molar-refractivity contribution is 0.0947. The molecule has 1 aromatic carbocycles. The van der Waals surface area contributed by atoms with Gasteiger partial charge in [0.15, 0.2) is 0 Å². The molecule has 1 aliphatic rings. The minimum atomic E-state index is -3.84. The largest absolute Gasteiger partial charge is 0.348 e. The monoisotopic (exact) mass is 412 g/mol. The van der Waals surface area contributed by atoms with E-state index >= 15 is 0 Å². The molecule has 1 fully saturated rings. The second-order valence-electron chi connectivity index (χ2n) is 6.03. The Bertz CT molecular complexity index is 907. The first-order chi connectivity index (χ1) is 12.9. The number of carbonyl (C=O) groups excluding carboxylic acids is 1. The van der Waals surface area contributed by atoms with Gasteiger partial charge in [-0.3, -0.25) is 9.48 Å². The Morgan fingerprint density at radius 3 is 2.56 bits per heavy atom. The Balaban J connectivity index is 1.82. The van der Waals surface area contributed by atoms with Crippen molar-refractivity contribution in [1.82, 2.24) is 19.4 Å². The molecule has 1 saturated heterocycles. The molecule has 2 aromatic rings. The van der Waals surface area contributed by atoms with E-state index in [1.54, 1.807) is 23.9 Å². The summed E-state index contributed by atoms with van der Waals surface area (Å²) in [6, 6.07) is 5.74. The highest BCUT2D eigenvalue weighted by atomic mass is 32.2. The van der Waals surface area contributed by atoms with Gasteiger partial charge in [0.05, 0.1) is 5.56 Å². The van der Waals surface area contributed by atoms with Crippen LogP contribution in [-0.2, 0) is 23.1 Å². The molecule has 3 rings (SSSR count). The molecule has 146 valence electrons. The Morgan fingerprint density at radius 2 is 1.93 bits per heavy atom. The molecule has 0 spiro atoms. The Morgan fingerprint density at radius 1 is 1.26 bits per heavy atom. The van der Waals surface area contributed by atoms with Crippen molar-refractivity contribution >= 4 is 27.7 Å². The highest BCUT2D eigenvalue weighted by Gasteiger charge is 2.33. The number of nitrogens with zero attached hydrogens (tertiary/aromatic N) is 3. The molecule has 27 heavy (non-hydrogen) atoms. The fourth-order valence-electron chi connectivity index (χ4n) is 2.70. The standard InChI is InChI=1S/C17H21FN4O3S2/c1-2-21-12-15(16(23)19-11-13-3-5-14(18)6-4-13)17(20-21)27(24,25)22-7-9-26-10-8-22/h3-6,12H,2,7-11H2,1H3,(H,19,23). The van der Waals surface area contributed by atoms with Gasteiger partial charge in [0, 0.05) is 43.9 Å². The van der Waals surface area contributed by atoms with Crippen molar-refractivity contribution in [3.05, 3.63) is 47.4 Å². The van der Waals surface area contributed by atoms with E-state index in [-0.39, 0.29) is 23.0 Å². The molecule has 7 nitrogen and oxygen atoms in total. The smallest absolute Gasteiger partial charge is 0.263 e. The maximum atomic E-state index is 13.0. The highest BCUT2D eigenvalue weighted by Crippen LogP contribution is 2.22. The third-order valence-electron chi connectivity index (χ3n) is 4.22. The van der Waals surface area contributed by atoms with Crippen LogP contribution in [0, 0.1) is 5.82 Å². The van der Waals surface area contributed by atoms with E-state index in [2.05, 4.69) is 10.4 Å². The number of halogens is 1. The van der Waals surface area contributed by atoms with Gasteiger partial charge < -0.3 is 5.32 Å². The van der Waals surface area contributed by atoms with Gasteiger partial charge in [0.1, 0.15) is 5.82 Å². The summed E-state index contributed by atoms with van der Waals surface area (Å²) >= 11 is 1.70. The predicted molar refractivity (Wildman–Crippen MR) is 102 cm³/mol. The summed E-state index contributed by atoms with van der Waals surface area (Å²) in [6.07, 6.45) is 1.45. The summed E-state index contributed by atoms with van der Waals surface area (Å²) in [5.74, 6) is 0.561. The molecule has 1 aromatic heterocycles. The van der Waals surface area contributed by atoms with Gasteiger partial charge >= 0.3 is 0 Å². The van der Waals surface area contributed by atoms with Crippen LogP contribution in [0.15, 0.2) is 35.5 Å². The molecule has 0 bridgehead atoms. The van der Waals surface area contributed by atoms with Crippen molar-refractivity contribution in [2.75, 3.05) is 24.6 Å². The molecule has 0 atom stereocenters. The number of nitrogens with one attached hydrogen (secondary N) is 1. The van der Waals surface area contributed by atoms with E-state index in [1.165, 1.54) is 27.3 Å². The summed E-state index contributed by atoms with van der Waals surface area (Å²) in [7, 11) is -3.84. The SMILES string of the molecule is CCn1cc(C(=O)NCc2ccc(F)cc2)c(S(=O)(=O)N2CCSCC2)n1. The third-order valence-corrected chi connectivity index (χ3v) is 6.99. The maximum Gasteiger partial charge on any atom is 0.263 e. The van der Waals surface area contributed by atoms with E-state index < -0.39 is 15.9 Å². The van der Waals surface area contributed by atoms with Gasteiger partial charge in [-0.2, -0.15) is 21.2 Å². The van der Waals surface area contributed by atoms with E-state index in [9.17, 15) is 17.6 Å². The fourth-order valence-corrected chi connectivity index (χ4v) is 5.37. The van der Waals surface area contributed by atoms with Gasteiger partial charge in [-0.15, -0.1) is 0 Å². The lowest BCUT2D eigenvalue weighted by Crippen LogP contribution is -2.39. The lowest BCUT2D eigenvalue weighted by Gasteiger charge is -2.24. The van der Waals surface area contributed by atoms with Crippen molar-refractivity contribution in [2.45, 2.75) is 25.0 Å². The van der Waals surface area contributed by atoms with Gasteiger partial charge in [0.2, 0.25) is 5.03 Å². The molecule has 1 N–H and O–H groups in total. The van der Waals surface area contributed by atoms with Crippen molar-refractivity contribution in [3.63, 3.8) is 0 Å². The number of amides is 1. The molecule has 1 aliphatic heterocycles. The molecule has 0 aliphatic carbocycles. The summed E-state index contributed by atoms with van der Waals surface area (Å²) in [5.41, 5.74) is 0.738. The molecular formula is C17H21FN4O3S2. The first-order valence-corrected chi connectivity index (χ1v) is 11.2. The van der Waals surface area contributed by atoms with Crippen molar-refractivity contribution < 1.29 is 17.6 Å². The van der Waals surface area contributed by atoms with Crippen LogP contribution in [0.4, 0.5) is 4.39 Å². The minimum Gasteiger partial charge on any atom is -0.348 e. The van der Waals surface area contributed by atoms with Crippen LogP contribution >= 0.6 is 11.8 Å². The van der Waals surface area contributed by atoms with Crippen LogP contribution in [0.5, 0.6) is 0 Å². The number of hydrogen-bond acceptors (Lipinski definition) is 5. The number of thioether (sulfide) groups is 1. The van der Waals surface area contributed by atoms with Crippen LogP contribution in [0.25, 0.3) is 0 Å². The zero-order chi connectivity index (χ0) is 19.4. The number of aryl methyl sites for hydroxylation is 1. The number of carbonyl (C=O) groups is 1. The van der Waals surface area contributed by atoms with Crippen LogP contribution in [0.3, 0.4) is 0 Å². The van der Waals surface area contributed by atoms with E-state index in [4.69, 9.17) is 0 Å². The second kappa shape index (κ2) is 8.41. The molecular weight excluding hydrogens is 391 g/mol. The summed E-state index contributed by atoms with van der Waals surface area (Å²) in [4.78, 5) is 12.6. The van der Waals surface area contributed by atoms with Crippen molar-refractivity contribution in [2.24, 2.45) is 0 Å². The van der Waals surface area contributed by atoms with Crippen molar-refractivity contribution in [1.29, 1.82) is 0 Å². The molecule has 2 heterocycles. The van der Waals surface area contributed by atoms with Gasteiger partial charge in [-0.1, -0.05) is 12.1 Å². The number of hydrogen-bond donors (Lipinski definition) is 1. The topological polar surface area (TPSA) is 84.3 Å². The lowest BCUT2D eigenvalue weighted by atomic mass is 10.2. The van der Waals surface area contributed by atoms with Gasteiger partial charge in [-0.25, -0.2) is 12.8 Å². The maximum absolute atomic E-state index is 13.0. The number of aromatic nitrogens is 2.